The SMILES string of the molecule is Cn1cnc2c(C(=O)N3CCC(O)c4ccccc4C3)ccnc21. The van der Waals surface area contributed by atoms with Crippen LogP contribution in [0.1, 0.15) is 34.0 Å². The Kier molecular flexibility index (Phi) is 3.54. The molecular weight excluding hydrogens is 304 g/mol. The summed E-state index contributed by atoms with van der Waals surface area (Å²) in [7, 11) is 1.86. The number of aliphatic hydroxyl groups excluding tert-OH is 1. The molecule has 3 aromatic rings. The Morgan fingerprint density at radius 3 is 2.96 bits per heavy atom. The molecule has 0 saturated heterocycles. The van der Waals surface area contributed by atoms with Gasteiger partial charge in [0.1, 0.15) is 5.52 Å². The van der Waals surface area contributed by atoms with Crippen LogP contribution in [0.25, 0.3) is 11.2 Å². The Morgan fingerprint density at radius 1 is 1.25 bits per heavy atom. The zero-order valence-electron chi connectivity index (χ0n) is 13.4. The molecule has 4 rings (SSSR count). The molecule has 1 N–H and O–H groups in total. The number of pyridine rings is 1. The fourth-order valence-corrected chi connectivity index (χ4v) is 3.27. The maximum atomic E-state index is 13.1. The molecule has 0 spiro atoms. The number of aryl methyl sites for hydroxylation is 1. The molecule has 1 amide bonds. The molecule has 1 aliphatic heterocycles. The van der Waals surface area contributed by atoms with Crippen molar-refractivity contribution in [2.45, 2.75) is 19.1 Å². The average Bonchev–Trinajstić information content (AvgIpc) is 2.90. The van der Waals surface area contributed by atoms with Gasteiger partial charge in [-0.1, -0.05) is 24.3 Å². The maximum absolute atomic E-state index is 13.1. The van der Waals surface area contributed by atoms with E-state index in [0.29, 0.717) is 36.2 Å². The fourth-order valence-electron chi connectivity index (χ4n) is 3.27. The smallest absolute Gasteiger partial charge is 0.256 e. The zero-order chi connectivity index (χ0) is 16.7. The summed E-state index contributed by atoms with van der Waals surface area (Å²) in [5, 5.41) is 10.3. The van der Waals surface area contributed by atoms with E-state index >= 15 is 0 Å². The Bertz CT molecular complexity index is 918. The van der Waals surface area contributed by atoms with Gasteiger partial charge in [0.25, 0.3) is 5.91 Å². The second kappa shape index (κ2) is 5.72. The van der Waals surface area contributed by atoms with E-state index < -0.39 is 6.10 Å². The largest absolute Gasteiger partial charge is 0.388 e. The van der Waals surface area contributed by atoms with Gasteiger partial charge in [-0.3, -0.25) is 4.79 Å². The van der Waals surface area contributed by atoms with Gasteiger partial charge in [-0.05, 0) is 23.6 Å². The standard InChI is InChI=1S/C18H18N4O2/c1-21-11-20-16-14(6-8-19-17(16)21)18(24)22-9-7-15(23)13-5-3-2-4-12(13)10-22/h2-6,8,11,15,23H,7,9-10H2,1H3. The number of amides is 1. The van der Waals surface area contributed by atoms with E-state index in [1.807, 2.05) is 31.3 Å². The van der Waals surface area contributed by atoms with Crippen LogP contribution in [-0.4, -0.2) is 37.0 Å². The van der Waals surface area contributed by atoms with E-state index in [9.17, 15) is 9.90 Å². The van der Waals surface area contributed by atoms with Crippen molar-refractivity contribution in [2.75, 3.05) is 6.54 Å². The molecule has 6 heteroatoms. The highest BCUT2D eigenvalue weighted by Crippen LogP contribution is 2.27. The molecule has 1 aromatic carbocycles. The van der Waals surface area contributed by atoms with E-state index in [2.05, 4.69) is 9.97 Å². The fraction of sp³-hybridized carbons (Fsp3) is 0.278. The van der Waals surface area contributed by atoms with Crippen molar-refractivity contribution < 1.29 is 9.90 Å². The Balaban J connectivity index is 1.72. The third-order valence-corrected chi connectivity index (χ3v) is 4.56. The molecule has 2 aromatic heterocycles. The van der Waals surface area contributed by atoms with Crippen LogP contribution in [0.3, 0.4) is 0 Å². The summed E-state index contributed by atoms with van der Waals surface area (Å²) in [6, 6.07) is 9.46. The minimum Gasteiger partial charge on any atom is -0.388 e. The molecule has 122 valence electrons. The van der Waals surface area contributed by atoms with Crippen molar-refractivity contribution in [3.05, 3.63) is 59.5 Å². The Morgan fingerprint density at radius 2 is 2.08 bits per heavy atom. The highest BCUT2D eigenvalue weighted by Gasteiger charge is 2.26. The quantitative estimate of drug-likeness (QED) is 0.744. The van der Waals surface area contributed by atoms with Gasteiger partial charge in [0.05, 0.1) is 18.0 Å². The third kappa shape index (κ3) is 2.35. The van der Waals surface area contributed by atoms with Gasteiger partial charge in [0.15, 0.2) is 5.65 Å². The summed E-state index contributed by atoms with van der Waals surface area (Å²) < 4.78 is 1.80. The number of aliphatic hydroxyl groups is 1. The summed E-state index contributed by atoms with van der Waals surface area (Å²) in [5.41, 5.74) is 3.75. The van der Waals surface area contributed by atoms with Crippen molar-refractivity contribution >= 4 is 17.1 Å². The Labute approximate surface area is 139 Å². The van der Waals surface area contributed by atoms with Crippen LogP contribution in [0.2, 0.25) is 0 Å². The molecule has 3 heterocycles. The molecular formula is C18H18N4O2. The van der Waals surface area contributed by atoms with Gasteiger partial charge in [0, 0.05) is 26.3 Å². The summed E-state index contributed by atoms with van der Waals surface area (Å²) in [6.07, 6.45) is 3.29. The molecule has 0 saturated carbocycles. The summed E-state index contributed by atoms with van der Waals surface area (Å²) in [6.45, 7) is 0.994. The van der Waals surface area contributed by atoms with Gasteiger partial charge < -0.3 is 14.6 Å². The van der Waals surface area contributed by atoms with Gasteiger partial charge in [0.2, 0.25) is 0 Å². The first-order valence-corrected chi connectivity index (χ1v) is 7.96. The van der Waals surface area contributed by atoms with Crippen LogP contribution in [0, 0.1) is 0 Å². The molecule has 24 heavy (non-hydrogen) atoms. The minimum absolute atomic E-state index is 0.0787. The lowest BCUT2D eigenvalue weighted by Crippen LogP contribution is -2.31. The second-order valence-electron chi connectivity index (χ2n) is 6.12. The predicted molar refractivity (Wildman–Crippen MR) is 89.3 cm³/mol. The van der Waals surface area contributed by atoms with Crippen molar-refractivity contribution in [3.63, 3.8) is 0 Å². The van der Waals surface area contributed by atoms with Crippen LogP contribution in [0.15, 0.2) is 42.9 Å². The number of carbonyl (C=O) groups excluding carboxylic acids is 1. The van der Waals surface area contributed by atoms with Gasteiger partial charge in [-0.15, -0.1) is 0 Å². The van der Waals surface area contributed by atoms with Crippen molar-refractivity contribution in [3.8, 4) is 0 Å². The summed E-state index contributed by atoms with van der Waals surface area (Å²) in [4.78, 5) is 23.4. The normalized spacial score (nSPS) is 17.6. The minimum atomic E-state index is -0.536. The lowest BCUT2D eigenvalue weighted by molar-refractivity contribution is 0.0724. The topological polar surface area (TPSA) is 71.2 Å². The number of hydrogen-bond donors (Lipinski definition) is 1. The number of nitrogens with zero attached hydrogens (tertiary/aromatic N) is 4. The first-order valence-electron chi connectivity index (χ1n) is 7.96. The lowest BCUT2D eigenvalue weighted by Gasteiger charge is -2.21. The summed E-state index contributed by atoms with van der Waals surface area (Å²) in [5.74, 6) is -0.0787. The second-order valence-corrected chi connectivity index (χ2v) is 6.12. The predicted octanol–water partition coefficient (Wildman–Crippen LogP) is 2.05. The van der Waals surface area contributed by atoms with Crippen LogP contribution in [0.4, 0.5) is 0 Å². The van der Waals surface area contributed by atoms with E-state index in [4.69, 9.17) is 0 Å². The van der Waals surface area contributed by atoms with Gasteiger partial charge in [-0.2, -0.15) is 0 Å². The van der Waals surface area contributed by atoms with Crippen molar-refractivity contribution in [2.24, 2.45) is 7.05 Å². The molecule has 1 atom stereocenters. The molecule has 6 nitrogen and oxygen atoms in total. The first-order chi connectivity index (χ1) is 11.6. The molecule has 0 bridgehead atoms. The molecule has 1 aliphatic rings. The number of hydrogen-bond acceptors (Lipinski definition) is 4. The number of rotatable bonds is 1. The number of aromatic nitrogens is 3. The highest BCUT2D eigenvalue weighted by atomic mass is 16.3. The van der Waals surface area contributed by atoms with E-state index in [1.165, 1.54) is 0 Å². The van der Waals surface area contributed by atoms with Crippen molar-refractivity contribution in [1.82, 2.24) is 19.4 Å². The molecule has 0 fully saturated rings. The Hall–Kier alpha value is -2.73. The molecule has 0 radical (unpaired) electrons. The van der Waals surface area contributed by atoms with E-state index in [-0.39, 0.29) is 5.91 Å². The van der Waals surface area contributed by atoms with Crippen molar-refractivity contribution in [1.29, 1.82) is 0 Å². The summed E-state index contributed by atoms with van der Waals surface area (Å²) >= 11 is 0. The zero-order valence-corrected chi connectivity index (χ0v) is 13.4. The number of benzene rings is 1. The highest BCUT2D eigenvalue weighted by molar-refractivity contribution is 6.04. The van der Waals surface area contributed by atoms with E-state index in [1.54, 1.807) is 28.1 Å². The third-order valence-electron chi connectivity index (χ3n) is 4.56. The molecule has 1 unspecified atom stereocenters. The van der Waals surface area contributed by atoms with Gasteiger partial charge in [-0.25, -0.2) is 9.97 Å². The number of imidazole rings is 1. The van der Waals surface area contributed by atoms with Gasteiger partial charge >= 0.3 is 0 Å². The van der Waals surface area contributed by atoms with Crippen LogP contribution in [-0.2, 0) is 13.6 Å². The number of fused-ring (bicyclic) bond motifs is 2. The van der Waals surface area contributed by atoms with E-state index in [0.717, 1.165) is 11.1 Å². The van der Waals surface area contributed by atoms with Crippen LogP contribution >= 0.6 is 0 Å². The van der Waals surface area contributed by atoms with Crippen LogP contribution < -0.4 is 0 Å². The lowest BCUT2D eigenvalue weighted by atomic mass is 10.0. The molecule has 0 aliphatic carbocycles. The first kappa shape index (κ1) is 14.8. The average molecular weight is 322 g/mol. The monoisotopic (exact) mass is 322 g/mol. The van der Waals surface area contributed by atoms with Crippen LogP contribution in [0.5, 0.6) is 0 Å². The number of carbonyl (C=O) groups is 1. The maximum Gasteiger partial charge on any atom is 0.256 e.